The fraction of sp³-hybridized carbons (Fsp3) is 0.333. The highest BCUT2D eigenvalue weighted by atomic mass is 16.2. The van der Waals surface area contributed by atoms with Crippen LogP contribution in [-0.4, -0.2) is 69.3 Å². The molecule has 1 saturated heterocycles. The maximum absolute atomic E-state index is 12.7. The van der Waals surface area contributed by atoms with Gasteiger partial charge in [-0.05, 0) is 17.7 Å². The number of amides is 2. The molecule has 1 fully saturated rings. The second kappa shape index (κ2) is 8.72. The van der Waals surface area contributed by atoms with Gasteiger partial charge in [-0.15, -0.1) is 0 Å². The number of nitrogens with zero attached hydrogens (tertiary/aromatic N) is 4. The van der Waals surface area contributed by atoms with Crippen LogP contribution < -0.4 is 5.32 Å². The fourth-order valence-corrected chi connectivity index (χ4v) is 3.59. The van der Waals surface area contributed by atoms with Crippen molar-refractivity contribution in [3.8, 4) is 0 Å². The van der Waals surface area contributed by atoms with Gasteiger partial charge in [0.2, 0.25) is 17.8 Å². The summed E-state index contributed by atoms with van der Waals surface area (Å²) in [5.74, 6) is 0.704. The number of hydrogen-bond donors (Lipinski definition) is 2. The molecule has 2 amide bonds. The Morgan fingerprint density at radius 2 is 1.66 bits per heavy atom. The van der Waals surface area contributed by atoms with Crippen LogP contribution in [0.5, 0.6) is 0 Å². The van der Waals surface area contributed by atoms with Gasteiger partial charge in [0.1, 0.15) is 0 Å². The predicted molar refractivity (Wildman–Crippen MR) is 110 cm³/mol. The van der Waals surface area contributed by atoms with Crippen molar-refractivity contribution in [2.24, 2.45) is 0 Å². The number of aromatic amines is 1. The minimum atomic E-state index is 0.0807. The van der Waals surface area contributed by atoms with Crippen LogP contribution in [-0.2, 0) is 16.0 Å². The summed E-state index contributed by atoms with van der Waals surface area (Å²) in [6.07, 6.45) is 5.97. The first-order chi connectivity index (χ1) is 14.2. The zero-order valence-electron chi connectivity index (χ0n) is 16.2. The molecule has 150 valence electrons. The van der Waals surface area contributed by atoms with Crippen molar-refractivity contribution in [2.75, 3.05) is 38.0 Å². The third-order valence-electron chi connectivity index (χ3n) is 5.19. The van der Waals surface area contributed by atoms with Crippen LogP contribution in [0.2, 0.25) is 0 Å². The molecule has 0 spiro atoms. The first kappa shape index (κ1) is 18.9. The lowest BCUT2D eigenvalue weighted by molar-refractivity contribution is -0.139. The van der Waals surface area contributed by atoms with E-state index in [1.54, 1.807) is 18.5 Å². The van der Waals surface area contributed by atoms with Crippen molar-refractivity contribution in [1.29, 1.82) is 0 Å². The molecule has 8 nitrogen and oxygen atoms in total. The lowest BCUT2D eigenvalue weighted by atomic mass is 10.1. The summed E-state index contributed by atoms with van der Waals surface area (Å²) in [7, 11) is 0. The number of H-pyrrole nitrogens is 1. The number of fused-ring (bicyclic) bond motifs is 1. The molecule has 0 radical (unpaired) electrons. The fourth-order valence-electron chi connectivity index (χ4n) is 3.59. The number of carbonyl (C=O) groups excluding carboxylic acids is 2. The van der Waals surface area contributed by atoms with Crippen LogP contribution in [0.15, 0.2) is 48.9 Å². The molecule has 0 aliphatic carbocycles. The van der Waals surface area contributed by atoms with E-state index < -0.39 is 0 Å². The minimum Gasteiger partial charge on any atom is -0.361 e. The molecule has 0 bridgehead atoms. The van der Waals surface area contributed by atoms with Crippen molar-refractivity contribution in [3.63, 3.8) is 0 Å². The highest BCUT2D eigenvalue weighted by Crippen LogP contribution is 2.19. The van der Waals surface area contributed by atoms with Crippen LogP contribution >= 0.6 is 0 Å². The van der Waals surface area contributed by atoms with E-state index in [4.69, 9.17) is 0 Å². The summed E-state index contributed by atoms with van der Waals surface area (Å²) in [5, 5.41) is 4.13. The molecule has 3 aromatic rings. The summed E-state index contributed by atoms with van der Waals surface area (Å²) in [6, 6.07) is 9.73. The van der Waals surface area contributed by atoms with Crippen molar-refractivity contribution < 1.29 is 9.59 Å². The zero-order valence-corrected chi connectivity index (χ0v) is 16.2. The number of para-hydroxylation sites is 1. The summed E-state index contributed by atoms with van der Waals surface area (Å²) in [5.41, 5.74) is 2.05. The molecule has 4 rings (SSSR count). The molecule has 2 N–H and O–H groups in total. The Hall–Kier alpha value is -3.42. The van der Waals surface area contributed by atoms with Gasteiger partial charge in [0.05, 0.1) is 6.42 Å². The Bertz CT molecular complexity index is 979. The van der Waals surface area contributed by atoms with Crippen LogP contribution in [0, 0.1) is 0 Å². The van der Waals surface area contributed by atoms with Gasteiger partial charge >= 0.3 is 0 Å². The van der Waals surface area contributed by atoms with Crippen LogP contribution in [0.25, 0.3) is 10.9 Å². The van der Waals surface area contributed by atoms with E-state index in [1.165, 1.54) is 0 Å². The summed E-state index contributed by atoms with van der Waals surface area (Å²) in [4.78, 5) is 40.1. The number of hydrogen-bond acceptors (Lipinski definition) is 5. The van der Waals surface area contributed by atoms with Crippen LogP contribution in [0.3, 0.4) is 0 Å². The molecule has 1 aliphatic heterocycles. The SMILES string of the molecule is O=C(CCNc1ncccn1)N1CCN(C(=O)Cc2c[nH]c3ccccc23)CC1. The molecule has 1 aliphatic rings. The summed E-state index contributed by atoms with van der Waals surface area (Å²) in [6.45, 7) is 2.77. The van der Waals surface area contributed by atoms with Gasteiger partial charge in [0.15, 0.2) is 0 Å². The normalized spacial score (nSPS) is 14.2. The largest absolute Gasteiger partial charge is 0.361 e. The second-order valence-electron chi connectivity index (χ2n) is 7.05. The van der Waals surface area contributed by atoms with E-state index in [2.05, 4.69) is 20.3 Å². The number of benzene rings is 1. The molecule has 2 aromatic heterocycles. The Morgan fingerprint density at radius 3 is 2.41 bits per heavy atom. The maximum atomic E-state index is 12.7. The van der Waals surface area contributed by atoms with Crippen molar-refractivity contribution in [2.45, 2.75) is 12.8 Å². The first-order valence-corrected chi connectivity index (χ1v) is 9.82. The molecule has 29 heavy (non-hydrogen) atoms. The lowest BCUT2D eigenvalue weighted by Gasteiger charge is -2.35. The van der Waals surface area contributed by atoms with E-state index in [0.29, 0.717) is 51.5 Å². The Labute approximate surface area is 168 Å². The molecule has 3 heterocycles. The third-order valence-corrected chi connectivity index (χ3v) is 5.19. The second-order valence-corrected chi connectivity index (χ2v) is 7.05. The first-order valence-electron chi connectivity index (χ1n) is 9.82. The molecule has 8 heteroatoms. The smallest absolute Gasteiger partial charge is 0.227 e. The van der Waals surface area contributed by atoms with Crippen LogP contribution in [0.4, 0.5) is 5.95 Å². The molecule has 1 aromatic carbocycles. The monoisotopic (exact) mass is 392 g/mol. The topological polar surface area (TPSA) is 94.2 Å². The molecule has 0 saturated carbocycles. The zero-order chi connectivity index (χ0) is 20.1. The predicted octanol–water partition coefficient (Wildman–Crippen LogP) is 1.67. The van der Waals surface area contributed by atoms with Crippen molar-refractivity contribution in [3.05, 3.63) is 54.5 Å². The van der Waals surface area contributed by atoms with Crippen molar-refractivity contribution >= 4 is 28.7 Å². The average molecular weight is 392 g/mol. The van der Waals surface area contributed by atoms with E-state index >= 15 is 0 Å². The molecule has 0 unspecified atom stereocenters. The van der Waals surface area contributed by atoms with Crippen molar-refractivity contribution in [1.82, 2.24) is 24.8 Å². The molecule has 0 atom stereocenters. The van der Waals surface area contributed by atoms with Gasteiger partial charge in [0.25, 0.3) is 0 Å². The van der Waals surface area contributed by atoms with Gasteiger partial charge < -0.3 is 20.1 Å². The van der Waals surface area contributed by atoms with E-state index in [1.807, 2.05) is 40.3 Å². The number of piperazine rings is 1. The quantitative estimate of drug-likeness (QED) is 0.666. The number of nitrogens with one attached hydrogen (secondary N) is 2. The highest BCUT2D eigenvalue weighted by molar-refractivity contribution is 5.89. The van der Waals surface area contributed by atoms with E-state index in [9.17, 15) is 9.59 Å². The van der Waals surface area contributed by atoms with Gasteiger partial charge in [-0.1, -0.05) is 18.2 Å². The number of carbonyl (C=O) groups is 2. The Balaban J connectivity index is 1.23. The van der Waals surface area contributed by atoms with Gasteiger partial charge in [-0.25, -0.2) is 9.97 Å². The van der Waals surface area contributed by atoms with Crippen LogP contribution in [0.1, 0.15) is 12.0 Å². The standard InChI is InChI=1S/C21H24N6O2/c28-19(6-9-24-21-22-7-3-8-23-21)26-10-12-27(13-11-26)20(29)14-16-15-25-18-5-2-1-4-17(16)18/h1-5,7-8,15,25H,6,9-14H2,(H,22,23,24). The Kier molecular flexibility index (Phi) is 5.69. The number of rotatable bonds is 6. The lowest BCUT2D eigenvalue weighted by Crippen LogP contribution is -2.51. The Morgan fingerprint density at radius 1 is 0.966 bits per heavy atom. The summed E-state index contributed by atoms with van der Waals surface area (Å²) < 4.78 is 0. The third kappa shape index (κ3) is 4.53. The number of anilines is 1. The number of aromatic nitrogens is 3. The minimum absolute atomic E-state index is 0.0807. The van der Waals surface area contributed by atoms with E-state index in [-0.39, 0.29) is 11.8 Å². The summed E-state index contributed by atoms with van der Waals surface area (Å²) >= 11 is 0. The molecular weight excluding hydrogens is 368 g/mol. The highest BCUT2D eigenvalue weighted by Gasteiger charge is 2.24. The molecular formula is C21H24N6O2. The van der Waals surface area contributed by atoms with Gasteiger partial charge in [0, 0.05) is 68.6 Å². The maximum Gasteiger partial charge on any atom is 0.227 e. The van der Waals surface area contributed by atoms with E-state index in [0.717, 1.165) is 16.5 Å². The average Bonchev–Trinajstić information content (AvgIpc) is 3.17. The van der Waals surface area contributed by atoms with Gasteiger partial charge in [-0.3, -0.25) is 9.59 Å². The van der Waals surface area contributed by atoms with Gasteiger partial charge in [-0.2, -0.15) is 0 Å².